The number of halogens is 2. The lowest BCUT2D eigenvalue weighted by Crippen LogP contribution is -2.45. The van der Waals surface area contributed by atoms with E-state index in [1.807, 2.05) is 6.92 Å². The summed E-state index contributed by atoms with van der Waals surface area (Å²) in [6.07, 6.45) is 1.46. The Balaban J connectivity index is 1.39. The molecular weight excluding hydrogens is 726 g/mol. The summed E-state index contributed by atoms with van der Waals surface area (Å²) < 4.78 is 42.3. The standard InChI is InChI=1S/C33H34FIN4O8/c1-5-44-27-14-21(13-24(35)31(27)47-17-20-8-7-9-23(34)12-20)16-36-39-28(40)18-46-25-11-10-22(15-26(25)43-4)30-29(32(41)45-6-2)19(3)37-33(42)38-30/h7-16,30H,5-6,17-18H2,1-4H3,(H,39,40)(H2,37,38,42)/b36-16-/t30-/m1/s1. The molecule has 0 unspecified atom stereocenters. The van der Waals surface area contributed by atoms with Crippen molar-refractivity contribution in [1.29, 1.82) is 0 Å². The monoisotopic (exact) mass is 760 g/mol. The summed E-state index contributed by atoms with van der Waals surface area (Å²) in [6.45, 7) is 5.50. The van der Waals surface area contributed by atoms with E-state index in [1.54, 1.807) is 56.3 Å². The molecule has 0 aromatic heterocycles. The van der Waals surface area contributed by atoms with Crippen molar-refractivity contribution in [2.45, 2.75) is 33.4 Å². The Morgan fingerprint density at radius 3 is 2.55 bits per heavy atom. The Kier molecular flexibility index (Phi) is 12.4. The molecule has 0 spiro atoms. The van der Waals surface area contributed by atoms with Crippen LogP contribution in [0.2, 0.25) is 0 Å². The summed E-state index contributed by atoms with van der Waals surface area (Å²) in [5.74, 6) is 0.0981. The van der Waals surface area contributed by atoms with E-state index in [1.165, 1.54) is 25.5 Å². The molecule has 47 heavy (non-hydrogen) atoms. The molecule has 0 bridgehead atoms. The first-order chi connectivity index (χ1) is 22.6. The first-order valence-corrected chi connectivity index (χ1v) is 15.6. The predicted molar refractivity (Wildman–Crippen MR) is 179 cm³/mol. The van der Waals surface area contributed by atoms with E-state index in [4.69, 9.17) is 23.7 Å². The third-order valence-electron chi connectivity index (χ3n) is 6.65. The van der Waals surface area contributed by atoms with E-state index in [2.05, 4.69) is 43.8 Å². The molecule has 0 aliphatic carbocycles. The van der Waals surface area contributed by atoms with E-state index < -0.39 is 23.9 Å². The van der Waals surface area contributed by atoms with E-state index in [0.29, 0.717) is 40.5 Å². The number of ether oxygens (including phenoxy) is 5. The van der Waals surface area contributed by atoms with Crippen molar-refractivity contribution in [3.63, 3.8) is 0 Å². The van der Waals surface area contributed by atoms with Gasteiger partial charge in [0.1, 0.15) is 12.4 Å². The highest BCUT2D eigenvalue weighted by atomic mass is 127. The third kappa shape index (κ3) is 9.34. The molecule has 0 saturated heterocycles. The molecule has 0 radical (unpaired) electrons. The molecule has 3 amide bonds. The summed E-state index contributed by atoms with van der Waals surface area (Å²) in [4.78, 5) is 37.3. The number of rotatable bonds is 14. The van der Waals surface area contributed by atoms with Crippen molar-refractivity contribution >= 4 is 46.7 Å². The number of esters is 1. The van der Waals surface area contributed by atoms with E-state index in [-0.39, 0.29) is 42.7 Å². The molecule has 14 heteroatoms. The van der Waals surface area contributed by atoms with Crippen LogP contribution in [-0.4, -0.2) is 51.1 Å². The Bertz CT molecular complexity index is 1700. The molecule has 1 heterocycles. The van der Waals surface area contributed by atoms with Crippen LogP contribution in [0.4, 0.5) is 9.18 Å². The van der Waals surface area contributed by atoms with Gasteiger partial charge in [-0.1, -0.05) is 18.2 Å². The second-order valence-electron chi connectivity index (χ2n) is 9.96. The molecule has 12 nitrogen and oxygen atoms in total. The van der Waals surface area contributed by atoms with Gasteiger partial charge in [-0.25, -0.2) is 19.4 Å². The van der Waals surface area contributed by atoms with Gasteiger partial charge in [0.2, 0.25) is 0 Å². The molecule has 3 aromatic rings. The molecule has 248 valence electrons. The summed E-state index contributed by atoms with van der Waals surface area (Å²) in [5, 5.41) is 9.35. The van der Waals surface area contributed by atoms with Crippen molar-refractivity contribution in [1.82, 2.24) is 16.1 Å². The topological polar surface area (TPSA) is 146 Å². The largest absolute Gasteiger partial charge is 0.493 e. The Morgan fingerprint density at radius 1 is 1.02 bits per heavy atom. The Morgan fingerprint density at radius 2 is 1.83 bits per heavy atom. The van der Waals surface area contributed by atoms with Crippen LogP contribution in [-0.2, 0) is 20.9 Å². The van der Waals surface area contributed by atoms with Crippen LogP contribution in [0.25, 0.3) is 0 Å². The zero-order chi connectivity index (χ0) is 33.9. The minimum absolute atomic E-state index is 0.158. The van der Waals surface area contributed by atoms with E-state index in [0.717, 1.165) is 3.57 Å². The number of benzene rings is 3. The number of hydrogen-bond acceptors (Lipinski definition) is 9. The fourth-order valence-corrected chi connectivity index (χ4v) is 5.39. The molecule has 1 atom stereocenters. The number of nitrogens with zero attached hydrogens (tertiary/aromatic N) is 1. The molecular formula is C33H34FIN4O8. The molecule has 1 aliphatic heterocycles. The van der Waals surface area contributed by atoms with Gasteiger partial charge in [0.25, 0.3) is 5.91 Å². The smallest absolute Gasteiger partial charge is 0.338 e. The second-order valence-corrected chi connectivity index (χ2v) is 11.1. The lowest BCUT2D eigenvalue weighted by Gasteiger charge is -2.28. The fourth-order valence-electron chi connectivity index (χ4n) is 4.61. The first-order valence-electron chi connectivity index (χ1n) is 14.5. The molecule has 0 fully saturated rings. The van der Waals surface area contributed by atoms with Crippen molar-refractivity contribution < 1.29 is 42.5 Å². The number of amides is 3. The highest BCUT2D eigenvalue weighted by Crippen LogP contribution is 2.36. The number of carbonyl (C=O) groups is 3. The average molecular weight is 761 g/mol. The molecule has 3 N–H and O–H groups in total. The Hall–Kier alpha value is -4.86. The van der Waals surface area contributed by atoms with Gasteiger partial charge < -0.3 is 34.3 Å². The van der Waals surface area contributed by atoms with E-state index >= 15 is 0 Å². The van der Waals surface area contributed by atoms with Crippen LogP contribution in [0.15, 0.2) is 71.0 Å². The fraction of sp³-hybridized carbons (Fsp3) is 0.273. The summed E-state index contributed by atoms with van der Waals surface area (Å²) >= 11 is 2.11. The number of urea groups is 1. The number of hydrazone groups is 1. The van der Waals surface area contributed by atoms with Crippen molar-refractivity contribution in [3.05, 3.63) is 91.9 Å². The number of hydrogen-bond donors (Lipinski definition) is 3. The highest BCUT2D eigenvalue weighted by molar-refractivity contribution is 14.1. The molecule has 3 aromatic carbocycles. The maximum Gasteiger partial charge on any atom is 0.338 e. The summed E-state index contributed by atoms with van der Waals surface area (Å²) in [7, 11) is 1.43. The van der Waals surface area contributed by atoms with Crippen molar-refractivity contribution in [2.75, 3.05) is 26.9 Å². The van der Waals surface area contributed by atoms with Gasteiger partial charge >= 0.3 is 12.0 Å². The van der Waals surface area contributed by atoms with Crippen LogP contribution in [0.5, 0.6) is 23.0 Å². The number of methoxy groups -OCH3 is 1. The maximum atomic E-state index is 13.6. The Labute approximate surface area is 284 Å². The maximum absolute atomic E-state index is 13.6. The summed E-state index contributed by atoms with van der Waals surface area (Å²) in [6, 6.07) is 13.3. The van der Waals surface area contributed by atoms with Gasteiger partial charge in [-0.2, -0.15) is 5.10 Å². The van der Waals surface area contributed by atoms with Gasteiger partial charge in [0.05, 0.1) is 41.7 Å². The summed E-state index contributed by atoms with van der Waals surface area (Å²) in [5.41, 5.74) is 4.93. The zero-order valence-corrected chi connectivity index (χ0v) is 28.3. The lowest BCUT2D eigenvalue weighted by atomic mass is 9.95. The average Bonchev–Trinajstić information content (AvgIpc) is 3.03. The van der Waals surface area contributed by atoms with Crippen molar-refractivity contribution in [3.8, 4) is 23.0 Å². The predicted octanol–water partition coefficient (Wildman–Crippen LogP) is 5.14. The van der Waals surface area contributed by atoms with Crippen LogP contribution in [0.3, 0.4) is 0 Å². The molecule has 1 aliphatic rings. The van der Waals surface area contributed by atoms with Crippen LogP contribution in [0.1, 0.15) is 43.5 Å². The van der Waals surface area contributed by atoms with E-state index in [9.17, 15) is 18.8 Å². The number of carbonyl (C=O) groups excluding carboxylic acids is 3. The minimum atomic E-state index is -0.788. The SMILES string of the molecule is CCOC(=O)C1=C(C)NC(=O)N[C@@H]1c1ccc(OCC(=O)N/N=C\c2cc(I)c(OCc3cccc(F)c3)c(OCC)c2)c(OC)c1. The molecule has 4 rings (SSSR count). The second kappa shape index (κ2) is 16.6. The van der Waals surface area contributed by atoms with Gasteiger partial charge in [-0.15, -0.1) is 0 Å². The van der Waals surface area contributed by atoms with Crippen LogP contribution >= 0.6 is 22.6 Å². The zero-order valence-electron chi connectivity index (χ0n) is 26.1. The van der Waals surface area contributed by atoms with Gasteiger partial charge in [-0.05, 0) is 96.5 Å². The van der Waals surface area contributed by atoms with Gasteiger partial charge in [0.15, 0.2) is 29.6 Å². The normalized spacial score (nSPS) is 14.3. The highest BCUT2D eigenvalue weighted by Gasteiger charge is 2.32. The third-order valence-corrected chi connectivity index (χ3v) is 7.45. The van der Waals surface area contributed by atoms with Crippen molar-refractivity contribution in [2.24, 2.45) is 5.10 Å². The molecule has 0 saturated carbocycles. The lowest BCUT2D eigenvalue weighted by molar-refractivity contribution is -0.139. The van der Waals surface area contributed by atoms with Crippen LogP contribution in [0, 0.1) is 9.39 Å². The van der Waals surface area contributed by atoms with Gasteiger partial charge in [-0.3, -0.25) is 4.79 Å². The minimum Gasteiger partial charge on any atom is -0.493 e. The quantitative estimate of drug-likeness (QED) is 0.0888. The van der Waals surface area contributed by atoms with Gasteiger partial charge in [0, 0.05) is 5.70 Å². The first kappa shape index (κ1) is 35.0. The number of nitrogens with one attached hydrogen (secondary N) is 3. The van der Waals surface area contributed by atoms with Crippen LogP contribution < -0.4 is 35.0 Å². The number of allylic oxidation sites excluding steroid dienone is 1.